The Balaban J connectivity index is 2.58. The average molecular weight is 200 g/mol. The molecule has 0 spiro atoms. The number of hydrogen-bond acceptors (Lipinski definition) is 0. The molecule has 0 saturated heterocycles. The van der Waals surface area contributed by atoms with Crippen molar-refractivity contribution in [2.24, 2.45) is 0 Å². The maximum absolute atomic E-state index is 4.10. The van der Waals surface area contributed by atoms with E-state index in [0.717, 1.165) is 18.4 Å². The molecule has 0 unspecified atom stereocenters. The van der Waals surface area contributed by atoms with E-state index in [0.29, 0.717) is 0 Å². The number of hydrogen-bond donors (Lipinski definition) is 0. The molecule has 0 bridgehead atoms. The molecular formula is C15H20. The highest BCUT2D eigenvalue weighted by molar-refractivity contribution is 5.39. The minimum atomic E-state index is 1.05. The van der Waals surface area contributed by atoms with Crippen molar-refractivity contribution in [1.82, 2.24) is 0 Å². The molecule has 0 aromatic carbocycles. The van der Waals surface area contributed by atoms with Gasteiger partial charge in [0.25, 0.3) is 0 Å². The first-order valence-electron chi connectivity index (χ1n) is 5.57. The molecule has 0 amide bonds. The fraction of sp³-hybridized carbons (Fsp3) is 0.333. The zero-order valence-electron chi connectivity index (χ0n) is 9.79. The first-order valence-corrected chi connectivity index (χ1v) is 5.57. The summed E-state index contributed by atoms with van der Waals surface area (Å²) in [5, 5.41) is 0. The van der Waals surface area contributed by atoms with Crippen LogP contribution in [0.2, 0.25) is 0 Å². The molecule has 0 N–H and O–H groups in total. The predicted octanol–water partition coefficient (Wildman–Crippen LogP) is 4.73. The topological polar surface area (TPSA) is 0 Å². The van der Waals surface area contributed by atoms with Crippen molar-refractivity contribution in [3.05, 3.63) is 59.8 Å². The van der Waals surface area contributed by atoms with E-state index in [1.165, 1.54) is 17.6 Å². The van der Waals surface area contributed by atoms with Crippen LogP contribution < -0.4 is 0 Å². The van der Waals surface area contributed by atoms with Gasteiger partial charge in [-0.05, 0) is 44.3 Å². The molecule has 0 aromatic rings. The Morgan fingerprint density at radius 2 is 2.07 bits per heavy atom. The molecule has 80 valence electrons. The van der Waals surface area contributed by atoms with Crippen molar-refractivity contribution in [1.29, 1.82) is 0 Å². The van der Waals surface area contributed by atoms with Crippen LogP contribution >= 0.6 is 0 Å². The monoisotopic (exact) mass is 200 g/mol. The molecule has 0 radical (unpaired) electrons. The summed E-state index contributed by atoms with van der Waals surface area (Å²) in [6.07, 6.45) is 16.1. The van der Waals surface area contributed by atoms with Crippen molar-refractivity contribution in [3.63, 3.8) is 0 Å². The summed E-state index contributed by atoms with van der Waals surface area (Å²) in [5.41, 5.74) is 4.03. The minimum Gasteiger partial charge on any atom is -0.0915 e. The summed E-state index contributed by atoms with van der Waals surface area (Å²) >= 11 is 0. The third-order valence-electron chi connectivity index (χ3n) is 2.63. The third kappa shape index (κ3) is 4.16. The molecule has 1 aliphatic rings. The predicted molar refractivity (Wildman–Crippen MR) is 68.8 cm³/mol. The molecule has 0 nitrogen and oxygen atoms in total. The Morgan fingerprint density at radius 1 is 1.27 bits per heavy atom. The van der Waals surface area contributed by atoms with Crippen molar-refractivity contribution < 1.29 is 0 Å². The van der Waals surface area contributed by atoms with Gasteiger partial charge in [0.2, 0.25) is 0 Å². The Bertz CT molecular complexity index is 335. The van der Waals surface area contributed by atoms with Crippen molar-refractivity contribution in [2.75, 3.05) is 0 Å². The minimum absolute atomic E-state index is 1.05. The van der Waals surface area contributed by atoms with Gasteiger partial charge in [-0.25, -0.2) is 0 Å². The molecule has 0 aliphatic heterocycles. The Hall–Kier alpha value is -1.30. The van der Waals surface area contributed by atoms with Crippen LogP contribution in [0.15, 0.2) is 59.8 Å². The molecule has 0 fully saturated rings. The highest BCUT2D eigenvalue weighted by Crippen LogP contribution is 2.23. The van der Waals surface area contributed by atoms with Gasteiger partial charge >= 0.3 is 0 Å². The molecule has 1 aliphatic carbocycles. The Labute approximate surface area is 93.4 Å². The highest BCUT2D eigenvalue weighted by atomic mass is 14.1. The van der Waals surface area contributed by atoms with Gasteiger partial charge in [0.15, 0.2) is 0 Å². The van der Waals surface area contributed by atoms with Gasteiger partial charge in [0.05, 0.1) is 0 Å². The van der Waals surface area contributed by atoms with Gasteiger partial charge in [0.1, 0.15) is 0 Å². The second kappa shape index (κ2) is 6.23. The first-order chi connectivity index (χ1) is 7.24. The fourth-order valence-electron chi connectivity index (χ4n) is 1.62. The summed E-state index contributed by atoms with van der Waals surface area (Å²) in [4.78, 5) is 0. The number of rotatable bonds is 3. The summed E-state index contributed by atoms with van der Waals surface area (Å²) in [5.74, 6) is 0. The molecule has 0 aromatic heterocycles. The normalized spacial score (nSPS) is 17.7. The van der Waals surface area contributed by atoms with E-state index in [9.17, 15) is 0 Å². The van der Waals surface area contributed by atoms with Crippen LogP contribution in [-0.2, 0) is 0 Å². The maximum atomic E-state index is 4.10. The van der Waals surface area contributed by atoms with Crippen LogP contribution in [0.1, 0.15) is 33.1 Å². The number of allylic oxidation sites excluding steroid dienone is 9. The SMILES string of the molecule is C=C(C=CC=CC)C1=CCC=C(C)CC1. The second-order valence-electron chi connectivity index (χ2n) is 3.93. The average Bonchev–Trinajstić information content (AvgIpc) is 2.43. The van der Waals surface area contributed by atoms with E-state index < -0.39 is 0 Å². The van der Waals surface area contributed by atoms with E-state index in [1.807, 2.05) is 25.2 Å². The zero-order valence-corrected chi connectivity index (χ0v) is 9.79. The van der Waals surface area contributed by atoms with Crippen molar-refractivity contribution in [2.45, 2.75) is 33.1 Å². The van der Waals surface area contributed by atoms with Gasteiger partial charge in [-0.1, -0.05) is 48.6 Å². The third-order valence-corrected chi connectivity index (χ3v) is 2.63. The summed E-state index contributed by atoms with van der Waals surface area (Å²) in [7, 11) is 0. The van der Waals surface area contributed by atoms with E-state index in [1.54, 1.807) is 0 Å². The largest absolute Gasteiger partial charge is 0.0915 e. The van der Waals surface area contributed by atoms with Gasteiger partial charge in [0, 0.05) is 0 Å². The molecule has 1 rings (SSSR count). The van der Waals surface area contributed by atoms with E-state index in [2.05, 4.69) is 31.7 Å². The van der Waals surface area contributed by atoms with Crippen LogP contribution in [0.5, 0.6) is 0 Å². The van der Waals surface area contributed by atoms with Crippen LogP contribution in [-0.4, -0.2) is 0 Å². The van der Waals surface area contributed by atoms with Crippen LogP contribution in [0, 0.1) is 0 Å². The van der Waals surface area contributed by atoms with Crippen molar-refractivity contribution in [3.8, 4) is 0 Å². The van der Waals surface area contributed by atoms with E-state index in [4.69, 9.17) is 0 Å². The Kier molecular flexibility index (Phi) is 4.89. The van der Waals surface area contributed by atoms with E-state index >= 15 is 0 Å². The fourth-order valence-corrected chi connectivity index (χ4v) is 1.62. The Morgan fingerprint density at radius 3 is 2.80 bits per heavy atom. The van der Waals surface area contributed by atoms with Gasteiger partial charge in [-0.3, -0.25) is 0 Å². The van der Waals surface area contributed by atoms with Crippen LogP contribution in [0.4, 0.5) is 0 Å². The standard InChI is InChI=1S/C15H20/c1-4-5-6-9-14(3)15-10-7-8-13(2)11-12-15/h4-6,8-10H,3,7,11-12H2,1-2H3. The van der Waals surface area contributed by atoms with E-state index in [-0.39, 0.29) is 0 Å². The lowest BCUT2D eigenvalue weighted by Gasteiger charge is -2.04. The smallest absolute Gasteiger partial charge is 0.0161 e. The lowest BCUT2D eigenvalue weighted by molar-refractivity contribution is 0.946. The highest BCUT2D eigenvalue weighted by Gasteiger charge is 2.03. The van der Waals surface area contributed by atoms with Crippen LogP contribution in [0.25, 0.3) is 0 Å². The molecular weight excluding hydrogens is 180 g/mol. The molecule has 15 heavy (non-hydrogen) atoms. The van der Waals surface area contributed by atoms with Crippen LogP contribution in [0.3, 0.4) is 0 Å². The molecule has 0 heterocycles. The quantitative estimate of drug-likeness (QED) is 0.456. The lowest BCUT2D eigenvalue weighted by atomic mass is 10.0. The first kappa shape index (κ1) is 11.8. The van der Waals surface area contributed by atoms with Gasteiger partial charge in [-0.15, -0.1) is 0 Å². The summed E-state index contributed by atoms with van der Waals surface area (Å²) in [6, 6.07) is 0. The molecule has 0 atom stereocenters. The summed E-state index contributed by atoms with van der Waals surface area (Å²) in [6.45, 7) is 8.33. The molecule has 0 heteroatoms. The molecule has 0 saturated carbocycles. The summed E-state index contributed by atoms with van der Waals surface area (Å²) < 4.78 is 0. The van der Waals surface area contributed by atoms with Gasteiger partial charge in [-0.2, -0.15) is 0 Å². The zero-order chi connectivity index (χ0) is 11.1. The lowest BCUT2D eigenvalue weighted by Crippen LogP contribution is -1.85. The second-order valence-corrected chi connectivity index (χ2v) is 3.93. The maximum Gasteiger partial charge on any atom is -0.0161 e. The van der Waals surface area contributed by atoms with Crippen molar-refractivity contribution >= 4 is 0 Å². The van der Waals surface area contributed by atoms with Gasteiger partial charge < -0.3 is 0 Å².